The van der Waals surface area contributed by atoms with E-state index in [-0.39, 0.29) is 34.7 Å². The van der Waals surface area contributed by atoms with Gasteiger partial charge < -0.3 is 31.4 Å². The number of nitrogens with two attached hydrogens (primary N) is 2. The van der Waals surface area contributed by atoms with Crippen LogP contribution in [0.3, 0.4) is 0 Å². The first kappa shape index (κ1) is 21.6. The van der Waals surface area contributed by atoms with Gasteiger partial charge in [0.2, 0.25) is 0 Å². The molecule has 0 saturated carbocycles. The number of pyridine rings is 2. The van der Waals surface area contributed by atoms with Crippen LogP contribution in [0.4, 0.5) is 21.6 Å². The number of carbonyl (C=O) groups is 1. The van der Waals surface area contributed by atoms with Gasteiger partial charge in [0.25, 0.3) is 5.91 Å². The molecule has 1 fully saturated rings. The molecule has 9 nitrogen and oxygen atoms in total. The van der Waals surface area contributed by atoms with Crippen LogP contribution in [-0.2, 0) is 0 Å². The van der Waals surface area contributed by atoms with Crippen LogP contribution >= 0.6 is 0 Å². The van der Waals surface area contributed by atoms with Crippen LogP contribution in [0.15, 0.2) is 30.9 Å². The number of nitrogens with zero attached hydrogens (tertiary/aromatic N) is 4. The highest BCUT2D eigenvalue weighted by Gasteiger charge is 2.26. The van der Waals surface area contributed by atoms with Crippen molar-refractivity contribution in [2.24, 2.45) is 5.73 Å². The van der Waals surface area contributed by atoms with Crippen LogP contribution in [0, 0.1) is 12.7 Å². The van der Waals surface area contributed by atoms with Crippen LogP contribution in [-0.4, -0.2) is 45.4 Å². The third-order valence-electron chi connectivity index (χ3n) is 5.39. The standard InChI is InChI=1S/C22H27FN8O/c1-12-8-30(9-13(2)27-12)20-16(4-5-24)19(25)17(7-26-20)22(32)29-15-6-18(23)21-28-14(3)10-31(21)11-15/h4-7,10-13,27H,8-9,24H2,1-3H3,(H2,25,26)(H,29,32)/b5-4-. The van der Waals surface area contributed by atoms with Crippen molar-refractivity contribution in [1.29, 1.82) is 0 Å². The summed E-state index contributed by atoms with van der Waals surface area (Å²) in [5.74, 6) is -0.362. The van der Waals surface area contributed by atoms with Crippen LogP contribution in [0.25, 0.3) is 11.7 Å². The Morgan fingerprint density at radius 1 is 1.31 bits per heavy atom. The Morgan fingerprint density at radius 3 is 2.72 bits per heavy atom. The molecule has 0 aromatic carbocycles. The maximum absolute atomic E-state index is 14.4. The molecular formula is C22H27FN8O. The van der Waals surface area contributed by atoms with Crippen molar-refractivity contribution >= 4 is 34.8 Å². The van der Waals surface area contributed by atoms with E-state index in [0.29, 0.717) is 17.1 Å². The van der Waals surface area contributed by atoms with E-state index >= 15 is 0 Å². The monoisotopic (exact) mass is 438 g/mol. The number of nitrogens with one attached hydrogen (secondary N) is 2. The van der Waals surface area contributed by atoms with E-state index in [2.05, 4.69) is 39.3 Å². The number of nitrogen functional groups attached to an aromatic ring is 1. The van der Waals surface area contributed by atoms with Crippen LogP contribution in [0.1, 0.15) is 35.5 Å². The number of hydrogen-bond acceptors (Lipinski definition) is 7. The Kier molecular flexibility index (Phi) is 5.70. The third kappa shape index (κ3) is 4.09. The number of hydrogen-bond donors (Lipinski definition) is 4. The maximum atomic E-state index is 14.4. The Balaban J connectivity index is 1.66. The molecule has 4 rings (SSSR count). The number of rotatable bonds is 4. The SMILES string of the molecule is Cc1cn2cc(NC(=O)c3cnc(N4CC(C)NC(C)C4)c(/C=C\N)c3N)cc(F)c2n1. The van der Waals surface area contributed by atoms with Gasteiger partial charge in [-0.1, -0.05) is 0 Å². The molecule has 1 amide bonds. The molecule has 4 heterocycles. The zero-order valence-electron chi connectivity index (χ0n) is 18.3. The average Bonchev–Trinajstić information content (AvgIpc) is 3.09. The highest BCUT2D eigenvalue weighted by Crippen LogP contribution is 2.30. The quantitative estimate of drug-likeness (QED) is 0.491. The molecule has 32 heavy (non-hydrogen) atoms. The Bertz CT molecular complexity index is 1190. The molecule has 0 radical (unpaired) electrons. The Labute approximate surface area is 185 Å². The lowest BCUT2D eigenvalue weighted by Crippen LogP contribution is -2.54. The Hall–Kier alpha value is -3.66. The number of carbonyl (C=O) groups excluding carboxylic acids is 1. The van der Waals surface area contributed by atoms with Crippen molar-refractivity contribution in [2.75, 3.05) is 29.0 Å². The van der Waals surface area contributed by atoms with Gasteiger partial charge >= 0.3 is 0 Å². The van der Waals surface area contributed by atoms with Gasteiger partial charge in [-0.05, 0) is 33.0 Å². The van der Waals surface area contributed by atoms with E-state index in [1.165, 1.54) is 22.9 Å². The summed E-state index contributed by atoms with van der Waals surface area (Å²) in [4.78, 5) is 23.8. The summed E-state index contributed by atoms with van der Waals surface area (Å²) >= 11 is 0. The summed E-state index contributed by atoms with van der Waals surface area (Å²) in [7, 11) is 0. The summed E-state index contributed by atoms with van der Waals surface area (Å²) < 4.78 is 15.9. The largest absolute Gasteiger partial charge is 0.405 e. The molecule has 10 heteroatoms. The second-order valence-corrected chi connectivity index (χ2v) is 8.20. The van der Waals surface area contributed by atoms with Gasteiger partial charge in [-0.25, -0.2) is 14.4 Å². The van der Waals surface area contributed by atoms with E-state index in [9.17, 15) is 9.18 Å². The molecule has 2 atom stereocenters. The van der Waals surface area contributed by atoms with Gasteiger partial charge in [-0.2, -0.15) is 0 Å². The van der Waals surface area contributed by atoms with E-state index in [1.54, 1.807) is 25.4 Å². The van der Waals surface area contributed by atoms with E-state index in [0.717, 1.165) is 13.1 Å². The van der Waals surface area contributed by atoms with Gasteiger partial charge in [0.15, 0.2) is 11.5 Å². The molecule has 1 saturated heterocycles. The van der Waals surface area contributed by atoms with Crippen molar-refractivity contribution in [2.45, 2.75) is 32.9 Å². The number of halogens is 1. The number of amides is 1. The predicted octanol–water partition coefficient (Wildman–Crippen LogP) is 2.13. The first-order chi connectivity index (χ1) is 15.3. The summed E-state index contributed by atoms with van der Waals surface area (Å²) in [6, 6.07) is 1.77. The number of anilines is 3. The molecule has 168 valence electrons. The number of fused-ring (bicyclic) bond motifs is 1. The normalized spacial score (nSPS) is 19.1. The molecule has 0 spiro atoms. The summed E-state index contributed by atoms with van der Waals surface area (Å²) in [6.45, 7) is 7.47. The summed E-state index contributed by atoms with van der Waals surface area (Å²) in [5.41, 5.74) is 14.2. The van der Waals surface area contributed by atoms with Gasteiger partial charge in [0.1, 0.15) is 5.82 Å². The smallest absolute Gasteiger partial charge is 0.259 e. The first-order valence-electron chi connectivity index (χ1n) is 10.4. The van der Waals surface area contributed by atoms with E-state index in [4.69, 9.17) is 11.5 Å². The summed E-state index contributed by atoms with van der Waals surface area (Å²) in [5, 5.41) is 6.17. The average molecular weight is 439 g/mol. The predicted molar refractivity (Wildman–Crippen MR) is 124 cm³/mol. The van der Waals surface area contributed by atoms with Gasteiger partial charge in [0.05, 0.1) is 22.6 Å². The van der Waals surface area contributed by atoms with Crippen LogP contribution in [0.5, 0.6) is 0 Å². The van der Waals surface area contributed by atoms with Crippen molar-refractivity contribution < 1.29 is 9.18 Å². The van der Waals surface area contributed by atoms with Crippen molar-refractivity contribution in [3.8, 4) is 0 Å². The maximum Gasteiger partial charge on any atom is 0.259 e. The molecule has 3 aromatic heterocycles. The van der Waals surface area contributed by atoms with Crippen LogP contribution < -0.4 is 27.0 Å². The second-order valence-electron chi connectivity index (χ2n) is 8.20. The van der Waals surface area contributed by atoms with E-state index < -0.39 is 11.7 Å². The van der Waals surface area contributed by atoms with Gasteiger partial charge in [0, 0.05) is 55.4 Å². The van der Waals surface area contributed by atoms with Crippen molar-refractivity contribution in [1.82, 2.24) is 19.7 Å². The van der Waals surface area contributed by atoms with Crippen LogP contribution in [0.2, 0.25) is 0 Å². The highest BCUT2D eigenvalue weighted by molar-refractivity contribution is 6.09. The fourth-order valence-electron chi connectivity index (χ4n) is 4.17. The third-order valence-corrected chi connectivity index (χ3v) is 5.39. The topological polar surface area (TPSA) is 127 Å². The van der Waals surface area contributed by atoms with Crippen molar-refractivity contribution in [3.63, 3.8) is 0 Å². The summed E-state index contributed by atoms with van der Waals surface area (Å²) in [6.07, 6.45) is 7.74. The molecule has 1 aliphatic heterocycles. The number of piperazine rings is 1. The minimum Gasteiger partial charge on any atom is -0.405 e. The van der Waals surface area contributed by atoms with E-state index in [1.807, 2.05) is 0 Å². The first-order valence-corrected chi connectivity index (χ1v) is 10.4. The van der Waals surface area contributed by atoms with Crippen molar-refractivity contribution in [3.05, 3.63) is 53.5 Å². The molecule has 1 aliphatic rings. The highest BCUT2D eigenvalue weighted by atomic mass is 19.1. The molecule has 0 aliphatic carbocycles. The number of aryl methyl sites for hydroxylation is 1. The lowest BCUT2D eigenvalue weighted by atomic mass is 10.1. The second kappa shape index (κ2) is 8.46. The fourth-order valence-corrected chi connectivity index (χ4v) is 4.17. The van der Waals surface area contributed by atoms with Gasteiger partial charge in [-0.3, -0.25) is 4.79 Å². The Morgan fingerprint density at radius 2 is 2.03 bits per heavy atom. The minimum atomic E-state index is -0.536. The lowest BCUT2D eigenvalue weighted by Gasteiger charge is -2.37. The van der Waals surface area contributed by atoms with Gasteiger partial charge in [-0.15, -0.1) is 0 Å². The zero-order valence-corrected chi connectivity index (χ0v) is 18.3. The molecule has 0 bridgehead atoms. The fraction of sp³-hybridized carbons (Fsp3) is 0.318. The number of aromatic nitrogens is 3. The molecule has 6 N–H and O–H groups in total. The molecular weight excluding hydrogens is 411 g/mol. The zero-order chi connectivity index (χ0) is 23.0. The number of imidazole rings is 1. The molecule has 2 unspecified atom stereocenters. The minimum absolute atomic E-state index is 0.181. The molecule has 3 aromatic rings. The lowest BCUT2D eigenvalue weighted by molar-refractivity contribution is 0.102.